The number of hydrogen-bond donors (Lipinski definition) is 1. The molecule has 0 spiro atoms. The average Bonchev–Trinajstić information content (AvgIpc) is 2.51. The Kier molecular flexibility index (Phi) is 3.50. The Morgan fingerprint density at radius 2 is 1.86 bits per heavy atom. The van der Waals surface area contributed by atoms with Crippen LogP contribution in [0, 0.1) is 12.7 Å². The predicted molar refractivity (Wildman–Crippen MR) is 78.6 cm³/mol. The van der Waals surface area contributed by atoms with Crippen molar-refractivity contribution in [3.05, 3.63) is 59.5 Å². The molecule has 4 nitrogen and oxygen atoms in total. The largest absolute Gasteiger partial charge is 0.437 e. The number of aryl methyl sites for hydroxylation is 1. The number of nitrogens with two attached hydrogens (primary N) is 1. The second-order valence-corrected chi connectivity index (χ2v) is 4.70. The molecule has 1 aromatic heterocycles. The van der Waals surface area contributed by atoms with Crippen molar-refractivity contribution in [3.63, 3.8) is 0 Å². The molecule has 0 bridgehead atoms. The summed E-state index contributed by atoms with van der Waals surface area (Å²) >= 11 is 0. The summed E-state index contributed by atoms with van der Waals surface area (Å²) in [6.45, 7) is 2.04. The number of aromatic nitrogens is 2. The van der Waals surface area contributed by atoms with Gasteiger partial charge in [0.2, 0.25) is 5.88 Å². The van der Waals surface area contributed by atoms with E-state index >= 15 is 0 Å². The highest BCUT2D eigenvalue weighted by molar-refractivity contribution is 5.88. The van der Waals surface area contributed by atoms with Gasteiger partial charge in [-0.15, -0.1) is 5.10 Å². The van der Waals surface area contributed by atoms with E-state index in [9.17, 15) is 4.39 Å². The Balaban J connectivity index is 2.02. The molecule has 0 atom stereocenters. The molecule has 2 N–H and O–H groups in total. The highest BCUT2D eigenvalue weighted by Crippen LogP contribution is 2.29. The fourth-order valence-corrected chi connectivity index (χ4v) is 2.16. The van der Waals surface area contributed by atoms with E-state index in [0.29, 0.717) is 17.2 Å². The summed E-state index contributed by atoms with van der Waals surface area (Å²) < 4.78 is 19.4. The number of benzene rings is 2. The van der Waals surface area contributed by atoms with E-state index in [0.717, 1.165) is 16.5 Å². The summed E-state index contributed by atoms with van der Waals surface area (Å²) in [6.07, 6.45) is 0. The fraction of sp³-hybridized carbons (Fsp3) is 0.125. The van der Waals surface area contributed by atoms with Crippen LogP contribution in [0.4, 0.5) is 4.39 Å². The zero-order chi connectivity index (χ0) is 14.8. The van der Waals surface area contributed by atoms with Crippen molar-refractivity contribution in [2.24, 2.45) is 5.73 Å². The van der Waals surface area contributed by atoms with Crippen LogP contribution in [0.2, 0.25) is 0 Å². The molecule has 0 aliphatic rings. The molecule has 5 heteroatoms. The monoisotopic (exact) mass is 283 g/mol. The van der Waals surface area contributed by atoms with Crippen molar-refractivity contribution < 1.29 is 9.13 Å². The van der Waals surface area contributed by atoms with Crippen LogP contribution >= 0.6 is 0 Å². The number of ether oxygens (including phenoxy) is 1. The lowest BCUT2D eigenvalue weighted by atomic mass is 10.1. The van der Waals surface area contributed by atoms with Crippen molar-refractivity contribution in [1.82, 2.24) is 10.2 Å². The lowest BCUT2D eigenvalue weighted by molar-refractivity contribution is 0.455. The fourth-order valence-electron chi connectivity index (χ4n) is 2.16. The van der Waals surface area contributed by atoms with E-state index in [1.54, 1.807) is 12.1 Å². The van der Waals surface area contributed by atoms with Gasteiger partial charge < -0.3 is 10.5 Å². The van der Waals surface area contributed by atoms with Gasteiger partial charge in [0.1, 0.15) is 11.6 Å². The van der Waals surface area contributed by atoms with Crippen LogP contribution in [-0.2, 0) is 6.54 Å². The first-order chi connectivity index (χ1) is 10.2. The molecule has 0 aliphatic heterocycles. The molecule has 0 amide bonds. The number of hydrogen-bond acceptors (Lipinski definition) is 4. The van der Waals surface area contributed by atoms with Crippen molar-refractivity contribution in [1.29, 1.82) is 0 Å². The van der Waals surface area contributed by atoms with Gasteiger partial charge in [-0.3, -0.25) is 0 Å². The van der Waals surface area contributed by atoms with Crippen molar-refractivity contribution in [2.45, 2.75) is 13.5 Å². The summed E-state index contributed by atoms with van der Waals surface area (Å²) in [5.74, 6) is 0.337. The van der Waals surface area contributed by atoms with E-state index in [2.05, 4.69) is 10.2 Å². The van der Waals surface area contributed by atoms with E-state index in [1.807, 2.05) is 31.2 Å². The van der Waals surface area contributed by atoms with Gasteiger partial charge in [0.15, 0.2) is 0 Å². The molecule has 0 unspecified atom stereocenters. The van der Waals surface area contributed by atoms with E-state index in [4.69, 9.17) is 10.5 Å². The maximum Gasteiger partial charge on any atom is 0.246 e. The quantitative estimate of drug-likeness (QED) is 0.801. The summed E-state index contributed by atoms with van der Waals surface area (Å²) in [7, 11) is 0. The highest BCUT2D eigenvalue weighted by Gasteiger charge is 2.10. The normalized spacial score (nSPS) is 10.8. The third-order valence-electron chi connectivity index (χ3n) is 3.30. The van der Waals surface area contributed by atoms with Crippen LogP contribution in [0.1, 0.15) is 11.3 Å². The molecule has 0 saturated carbocycles. The lowest BCUT2D eigenvalue weighted by Crippen LogP contribution is -2.00. The van der Waals surface area contributed by atoms with E-state index < -0.39 is 0 Å². The predicted octanol–water partition coefficient (Wildman–Crippen LogP) is 3.33. The SMILES string of the molecule is Cc1nnc(Oc2ccc(CN)c(F)c2)c2ccccc12. The number of halogens is 1. The molecular formula is C16H14FN3O. The molecule has 0 fully saturated rings. The Bertz CT molecular complexity index is 805. The van der Waals surface area contributed by atoms with E-state index in [1.165, 1.54) is 6.07 Å². The third kappa shape index (κ3) is 2.55. The molecule has 3 rings (SSSR count). The molecule has 2 aromatic carbocycles. The molecule has 0 aliphatic carbocycles. The van der Waals surface area contributed by atoms with Crippen LogP contribution < -0.4 is 10.5 Å². The maximum atomic E-state index is 13.7. The highest BCUT2D eigenvalue weighted by atomic mass is 19.1. The number of rotatable bonds is 3. The Morgan fingerprint density at radius 3 is 2.57 bits per heavy atom. The molecule has 1 heterocycles. The molecule has 21 heavy (non-hydrogen) atoms. The Labute approximate surface area is 121 Å². The second kappa shape index (κ2) is 5.46. The second-order valence-electron chi connectivity index (χ2n) is 4.70. The summed E-state index contributed by atoms with van der Waals surface area (Å²) in [5, 5.41) is 9.93. The molecule has 0 saturated heterocycles. The summed E-state index contributed by atoms with van der Waals surface area (Å²) in [5.41, 5.74) is 6.71. The first-order valence-corrected chi connectivity index (χ1v) is 6.57. The number of fused-ring (bicyclic) bond motifs is 1. The molecular weight excluding hydrogens is 269 g/mol. The maximum absolute atomic E-state index is 13.7. The van der Waals surface area contributed by atoms with Gasteiger partial charge in [0, 0.05) is 28.9 Å². The van der Waals surface area contributed by atoms with Gasteiger partial charge in [-0.2, -0.15) is 5.10 Å². The zero-order valence-corrected chi connectivity index (χ0v) is 11.5. The van der Waals surface area contributed by atoms with Gasteiger partial charge in [0.05, 0.1) is 5.69 Å². The third-order valence-corrected chi connectivity index (χ3v) is 3.30. The zero-order valence-electron chi connectivity index (χ0n) is 11.5. The van der Waals surface area contributed by atoms with Crippen LogP contribution in [0.5, 0.6) is 11.6 Å². The average molecular weight is 283 g/mol. The van der Waals surface area contributed by atoms with Crippen LogP contribution in [0.25, 0.3) is 10.8 Å². The van der Waals surface area contributed by atoms with Crippen molar-refractivity contribution in [3.8, 4) is 11.6 Å². The lowest BCUT2D eigenvalue weighted by Gasteiger charge is -2.09. The molecule has 3 aromatic rings. The van der Waals surface area contributed by atoms with Gasteiger partial charge in [-0.25, -0.2) is 4.39 Å². The molecule has 106 valence electrons. The molecule has 0 radical (unpaired) electrons. The summed E-state index contributed by atoms with van der Waals surface area (Å²) in [6, 6.07) is 12.3. The van der Waals surface area contributed by atoms with Crippen molar-refractivity contribution >= 4 is 10.8 Å². The Hall–Kier alpha value is -2.53. The first kappa shape index (κ1) is 13.5. The van der Waals surface area contributed by atoms with Gasteiger partial charge in [-0.1, -0.05) is 24.3 Å². The minimum atomic E-state index is -0.389. The van der Waals surface area contributed by atoms with Crippen LogP contribution in [0.3, 0.4) is 0 Å². The van der Waals surface area contributed by atoms with Crippen LogP contribution in [0.15, 0.2) is 42.5 Å². The standard InChI is InChI=1S/C16H14FN3O/c1-10-13-4-2-3-5-14(13)16(20-19-10)21-12-7-6-11(9-18)15(17)8-12/h2-8H,9,18H2,1H3. The van der Waals surface area contributed by atoms with Gasteiger partial charge >= 0.3 is 0 Å². The van der Waals surface area contributed by atoms with Gasteiger partial charge in [0.25, 0.3) is 0 Å². The topological polar surface area (TPSA) is 61.0 Å². The smallest absolute Gasteiger partial charge is 0.246 e. The summed E-state index contributed by atoms with van der Waals surface area (Å²) in [4.78, 5) is 0. The first-order valence-electron chi connectivity index (χ1n) is 6.57. The number of nitrogens with zero attached hydrogens (tertiary/aromatic N) is 2. The van der Waals surface area contributed by atoms with Crippen LogP contribution in [-0.4, -0.2) is 10.2 Å². The van der Waals surface area contributed by atoms with Gasteiger partial charge in [-0.05, 0) is 19.1 Å². The Morgan fingerprint density at radius 1 is 1.10 bits per heavy atom. The minimum Gasteiger partial charge on any atom is -0.437 e. The minimum absolute atomic E-state index is 0.152. The van der Waals surface area contributed by atoms with Crippen molar-refractivity contribution in [2.75, 3.05) is 0 Å². The van der Waals surface area contributed by atoms with E-state index in [-0.39, 0.29) is 12.4 Å².